The molecule has 0 bridgehead atoms. The number of pyridine rings is 1. The lowest BCUT2D eigenvalue weighted by molar-refractivity contribution is 0.0946. The van der Waals surface area contributed by atoms with Crippen LogP contribution >= 0.6 is 22.9 Å². The summed E-state index contributed by atoms with van der Waals surface area (Å²) in [7, 11) is 0. The molecule has 7 heteroatoms. The summed E-state index contributed by atoms with van der Waals surface area (Å²) in [6.07, 6.45) is 3.41. The zero-order valence-electron chi connectivity index (χ0n) is 13.5. The summed E-state index contributed by atoms with van der Waals surface area (Å²) < 4.78 is 5.42. The van der Waals surface area contributed by atoms with Crippen molar-refractivity contribution >= 4 is 28.8 Å². The third kappa shape index (κ3) is 4.35. The Morgan fingerprint density at radius 2 is 2.24 bits per heavy atom. The molecule has 3 rings (SSSR count). The van der Waals surface area contributed by atoms with E-state index in [2.05, 4.69) is 15.3 Å². The number of thiazole rings is 1. The van der Waals surface area contributed by atoms with Crippen LogP contribution in [-0.4, -0.2) is 22.5 Å². The van der Waals surface area contributed by atoms with Gasteiger partial charge in [-0.25, -0.2) is 4.98 Å². The first-order valence-corrected chi connectivity index (χ1v) is 8.98. The van der Waals surface area contributed by atoms with E-state index in [9.17, 15) is 4.79 Å². The Bertz CT molecular complexity index is 868. The number of hydrogen-bond donors (Lipinski definition) is 1. The van der Waals surface area contributed by atoms with Crippen LogP contribution in [0.3, 0.4) is 0 Å². The monoisotopic (exact) mass is 373 g/mol. The molecule has 0 aliphatic rings. The van der Waals surface area contributed by atoms with Gasteiger partial charge in [-0.05, 0) is 36.8 Å². The number of rotatable bonds is 6. The van der Waals surface area contributed by atoms with Crippen molar-refractivity contribution in [3.63, 3.8) is 0 Å². The van der Waals surface area contributed by atoms with Gasteiger partial charge in [0, 0.05) is 29.9 Å². The summed E-state index contributed by atoms with van der Waals surface area (Å²) in [6.45, 7) is 2.90. The van der Waals surface area contributed by atoms with Gasteiger partial charge in [0.05, 0.1) is 11.6 Å². The van der Waals surface area contributed by atoms with Crippen LogP contribution in [0.25, 0.3) is 10.6 Å². The van der Waals surface area contributed by atoms with E-state index in [0.29, 0.717) is 34.6 Å². The molecular formula is C18H16ClN3O2S. The largest absolute Gasteiger partial charge is 0.494 e. The zero-order valence-corrected chi connectivity index (χ0v) is 15.1. The predicted molar refractivity (Wildman–Crippen MR) is 99.1 cm³/mol. The minimum Gasteiger partial charge on any atom is -0.494 e. The quantitative estimate of drug-likeness (QED) is 0.703. The van der Waals surface area contributed by atoms with Crippen molar-refractivity contribution < 1.29 is 9.53 Å². The molecule has 5 nitrogen and oxygen atoms in total. The first kappa shape index (κ1) is 17.4. The molecule has 25 heavy (non-hydrogen) atoms. The van der Waals surface area contributed by atoms with Crippen LogP contribution in [0.5, 0.6) is 5.75 Å². The number of carbonyl (C=O) groups is 1. The van der Waals surface area contributed by atoms with Crippen molar-refractivity contribution in [3.05, 3.63) is 64.4 Å². The maximum atomic E-state index is 12.2. The Morgan fingerprint density at radius 1 is 1.36 bits per heavy atom. The fraction of sp³-hybridized carbons (Fsp3) is 0.167. The highest BCUT2D eigenvalue weighted by Gasteiger charge is 2.14. The minimum atomic E-state index is -0.228. The van der Waals surface area contributed by atoms with E-state index in [-0.39, 0.29) is 5.91 Å². The Hall–Kier alpha value is -2.44. The van der Waals surface area contributed by atoms with Crippen LogP contribution in [0.15, 0.2) is 48.1 Å². The summed E-state index contributed by atoms with van der Waals surface area (Å²) in [5.41, 5.74) is 2.08. The van der Waals surface area contributed by atoms with Crippen molar-refractivity contribution in [2.75, 3.05) is 6.61 Å². The highest BCUT2D eigenvalue weighted by atomic mass is 35.5. The number of ether oxygens (including phenoxy) is 1. The lowest BCUT2D eigenvalue weighted by Crippen LogP contribution is -2.23. The maximum absolute atomic E-state index is 12.2. The fourth-order valence-electron chi connectivity index (χ4n) is 2.20. The molecule has 2 aromatic heterocycles. The summed E-state index contributed by atoms with van der Waals surface area (Å²) >= 11 is 7.69. The predicted octanol–water partition coefficient (Wildman–Crippen LogP) is 4.19. The average Bonchev–Trinajstić information content (AvgIpc) is 3.11. The lowest BCUT2D eigenvalue weighted by Gasteiger charge is -2.06. The minimum absolute atomic E-state index is 0.228. The molecule has 0 spiro atoms. The SMILES string of the molecule is CCOc1ccc(-c2nc(C(=O)NCc3cccnc3)cs2)c(Cl)c1. The highest BCUT2D eigenvalue weighted by Crippen LogP contribution is 2.33. The Balaban J connectivity index is 1.70. The van der Waals surface area contributed by atoms with Crippen molar-refractivity contribution in [1.82, 2.24) is 15.3 Å². The molecule has 2 heterocycles. The lowest BCUT2D eigenvalue weighted by atomic mass is 10.2. The molecule has 0 aliphatic heterocycles. The van der Waals surface area contributed by atoms with Crippen LogP contribution in [0, 0.1) is 0 Å². The fourth-order valence-corrected chi connectivity index (χ4v) is 3.36. The molecular weight excluding hydrogens is 358 g/mol. The van der Waals surface area contributed by atoms with Crippen molar-refractivity contribution in [3.8, 4) is 16.3 Å². The van der Waals surface area contributed by atoms with Gasteiger partial charge >= 0.3 is 0 Å². The van der Waals surface area contributed by atoms with E-state index in [0.717, 1.165) is 11.1 Å². The van der Waals surface area contributed by atoms with E-state index in [1.807, 2.05) is 31.2 Å². The van der Waals surface area contributed by atoms with Crippen LogP contribution in [0.1, 0.15) is 23.0 Å². The Kier molecular flexibility index (Phi) is 5.63. The van der Waals surface area contributed by atoms with E-state index in [4.69, 9.17) is 16.3 Å². The number of amides is 1. The summed E-state index contributed by atoms with van der Waals surface area (Å²) in [5, 5.41) is 5.79. The van der Waals surface area contributed by atoms with Gasteiger partial charge in [-0.3, -0.25) is 9.78 Å². The molecule has 0 aliphatic carbocycles. The van der Waals surface area contributed by atoms with Gasteiger partial charge in [0.25, 0.3) is 5.91 Å². The highest BCUT2D eigenvalue weighted by molar-refractivity contribution is 7.13. The summed E-state index contributed by atoms with van der Waals surface area (Å²) in [5.74, 6) is 0.482. The smallest absolute Gasteiger partial charge is 0.271 e. The number of carbonyl (C=O) groups excluding carboxylic acids is 1. The van der Waals surface area contributed by atoms with Gasteiger partial charge < -0.3 is 10.1 Å². The van der Waals surface area contributed by atoms with Crippen molar-refractivity contribution in [2.45, 2.75) is 13.5 Å². The maximum Gasteiger partial charge on any atom is 0.271 e. The van der Waals surface area contributed by atoms with Crippen LogP contribution in [0.4, 0.5) is 0 Å². The van der Waals surface area contributed by atoms with Gasteiger partial charge in [-0.15, -0.1) is 11.3 Å². The zero-order chi connectivity index (χ0) is 17.6. The van der Waals surface area contributed by atoms with Crippen molar-refractivity contribution in [1.29, 1.82) is 0 Å². The molecule has 1 amide bonds. The molecule has 3 aromatic rings. The molecule has 1 aromatic carbocycles. The second kappa shape index (κ2) is 8.09. The summed E-state index contributed by atoms with van der Waals surface area (Å²) in [6, 6.07) is 9.18. The topological polar surface area (TPSA) is 64.1 Å². The molecule has 0 atom stereocenters. The second-order valence-corrected chi connectivity index (χ2v) is 6.42. The Morgan fingerprint density at radius 3 is 2.96 bits per heavy atom. The molecule has 128 valence electrons. The average molecular weight is 374 g/mol. The van der Waals surface area contributed by atoms with Crippen LogP contribution in [0.2, 0.25) is 5.02 Å². The van der Waals surface area contributed by atoms with E-state index >= 15 is 0 Å². The number of aromatic nitrogens is 2. The first-order valence-electron chi connectivity index (χ1n) is 7.72. The van der Waals surface area contributed by atoms with Gasteiger partial charge in [0.1, 0.15) is 16.5 Å². The first-order chi connectivity index (χ1) is 12.2. The normalized spacial score (nSPS) is 10.5. The number of nitrogens with one attached hydrogen (secondary N) is 1. The standard InChI is InChI=1S/C18H16ClN3O2S/c1-2-24-13-5-6-14(15(19)8-13)18-22-16(11-25-18)17(23)21-10-12-4-3-7-20-9-12/h3-9,11H,2,10H2,1H3,(H,21,23). The third-order valence-corrected chi connectivity index (χ3v) is 4.58. The number of halogens is 1. The number of nitrogens with zero attached hydrogens (tertiary/aromatic N) is 2. The summed E-state index contributed by atoms with van der Waals surface area (Å²) in [4.78, 5) is 20.7. The molecule has 0 fully saturated rings. The van der Waals surface area contributed by atoms with Gasteiger partial charge in [0.15, 0.2) is 0 Å². The van der Waals surface area contributed by atoms with Gasteiger partial charge in [-0.1, -0.05) is 17.7 Å². The molecule has 1 N–H and O–H groups in total. The third-order valence-electron chi connectivity index (χ3n) is 3.39. The van der Waals surface area contributed by atoms with E-state index < -0.39 is 0 Å². The molecule has 0 saturated heterocycles. The Labute approximate surface area is 154 Å². The van der Waals surface area contributed by atoms with Crippen molar-refractivity contribution in [2.24, 2.45) is 0 Å². The molecule has 0 unspecified atom stereocenters. The van der Waals surface area contributed by atoms with E-state index in [1.165, 1.54) is 11.3 Å². The number of benzene rings is 1. The second-order valence-electron chi connectivity index (χ2n) is 5.16. The van der Waals surface area contributed by atoms with Gasteiger partial charge in [-0.2, -0.15) is 0 Å². The van der Waals surface area contributed by atoms with E-state index in [1.54, 1.807) is 23.8 Å². The van der Waals surface area contributed by atoms with Gasteiger partial charge in [0.2, 0.25) is 0 Å². The molecule has 0 radical (unpaired) electrons. The molecule has 0 saturated carbocycles. The van der Waals surface area contributed by atoms with Crippen LogP contribution < -0.4 is 10.1 Å². The number of hydrogen-bond acceptors (Lipinski definition) is 5. The van der Waals surface area contributed by atoms with Crippen LogP contribution in [-0.2, 0) is 6.54 Å².